The first-order valence-electron chi connectivity index (χ1n) is 6.73. The summed E-state index contributed by atoms with van der Waals surface area (Å²) in [5.41, 5.74) is 2.25. The fraction of sp³-hybridized carbons (Fsp3) is 0.176. The number of ketones is 1. The molecule has 106 valence electrons. The smallest absolute Gasteiger partial charge is 0.254 e. The first kappa shape index (κ1) is 13.4. The first-order chi connectivity index (χ1) is 10.2. The molecule has 1 heterocycles. The Morgan fingerprint density at radius 1 is 1.14 bits per heavy atom. The average Bonchev–Trinajstić information content (AvgIpc) is 2.84. The number of fused-ring (bicyclic) bond motifs is 1. The van der Waals surface area contributed by atoms with E-state index in [9.17, 15) is 9.59 Å². The molecule has 1 aliphatic heterocycles. The van der Waals surface area contributed by atoms with E-state index < -0.39 is 0 Å². The van der Waals surface area contributed by atoms with Gasteiger partial charge >= 0.3 is 0 Å². The number of benzene rings is 2. The second kappa shape index (κ2) is 5.40. The average molecular weight is 281 g/mol. The molecule has 1 amide bonds. The van der Waals surface area contributed by atoms with Crippen molar-refractivity contribution < 1.29 is 14.3 Å². The molecule has 0 spiro atoms. The minimum Gasteiger partial charge on any atom is -0.497 e. The van der Waals surface area contributed by atoms with Crippen molar-refractivity contribution in [1.82, 2.24) is 4.90 Å². The van der Waals surface area contributed by atoms with Gasteiger partial charge in [0.05, 0.1) is 13.7 Å². The number of ether oxygens (including phenoxy) is 1. The van der Waals surface area contributed by atoms with E-state index in [0.717, 1.165) is 5.56 Å². The van der Waals surface area contributed by atoms with Crippen molar-refractivity contribution in [3.63, 3.8) is 0 Å². The zero-order valence-corrected chi connectivity index (χ0v) is 11.7. The van der Waals surface area contributed by atoms with Crippen LogP contribution in [-0.4, -0.2) is 30.2 Å². The molecule has 2 aromatic rings. The van der Waals surface area contributed by atoms with Crippen molar-refractivity contribution in [1.29, 1.82) is 0 Å². The molecule has 0 N–H and O–H groups in total. The van der Waals surface area contributed by atoms with Gasteiger partial charge in [-0.25, -0.2) is 0 Å². The largest absolute Gasteiger partial charge is 0.497 e. The van der Waals surface area contributed by atoms with E-state index in [0.29, 0.717) is 23.4 Å². The minimum atomic E-state index is -0.0764. The van der Waals surface area contributed by atoms with E-state index in [1.165, 1.54) is 0 Å². The Hall–Kier alpha value is -2.62. The topological polar surface area (TPSA) is 46.6 Å². The number of carbonyl (C=O) groups excluding carboxylic acids is 2. The third-order valence-electron chi connectivity index (χ3n) is 3.64. The predicted molar refractivity (Wildman–Crippen MR) is 78.5 cm³/mol. The van der Waals surface area contributed by atoms with Crippen molar-refractivity contribution in [3.8, 4) is 5.75 Å². The molecular weight excluding hydrogens is 266 g/mol. The second-order valence-electron chi connectivity index (χ2n) is 4.97. The number of nitrogens with zero attached hydrogens (tertiary/aromatic N) is 1. The zero-order chi connectivity index (χ0) is 14.8. The quantitative estimate of drug-likeness (QED) is 0.809. The summed E-state index contributed by atoms with van der Waals surface area (Å²) in [6, 6.07) is 14.4. The lowest BCUT2D eigenvalue weighted by molar-refractivity contribution is 0.0729. The first-order valence-corrected chi connectivity index (χ1v) is 6.73. The monoisotopic (exact) mass is 281 g/mol. The fourth-order valence-electron chi connectivity index (χ4n) is 2.48. The van der Waals surface area contributed by atoms with Gasteiger partial charge in [-0.2, -0.15) is 0 Å². The molecule has 0 aliphatic carbocycles. The van der Waals surface area contributed by atoms with Crippen LogP contribution in [0.25, 0.3) is 0 Å². The highest BCUT2D eigenvalue weighted by Gasteiger charge is 2.28. The van der Waals surface area contributed by atoms with Gasteiger partial charge in [0.1, 0.15) is 5.75 Å². The Kier molecular flexibility index (Phi) is 3.44. The number of hydrogen-bond acceptors (Lipinski definition) is 3. The van der Waals surface area contributed by atoms with Crippen LogP contribution in [0.4, 0.5) is 0 Å². The molecule has 0 unspecified atom stereocenters. The standard InChI is InChI=1S/C17H15NO3/c1-21-14-8-6-12(7-9-14)16(19)11-18-10-13-4-2-3-5-15(13)17(18)20/h2-9H,10-11H2,1H3. The lowest BCUT2D eigenvalue weighted by Crippen LogP contribution is -2.30. The maximum atomic E-state index is 12.3. The maximum absolute atomic E-state index is 12.3. The molecule has 4 heteroatoms. The van der Waals surface area contributed by atoms with Gasteiger partial charge in [-0.1, -0.05) is 18.2 Å². The molecule has 0 saturated heterocycles. The number of amides is 1. The van der Waals surface area contributed by atoms with Gasteiger partial charge in [0.2, 0.25) is 0 Å². The third-order valence-corrected chi connectivity index (χ3v) is 3.64. The van der Waals surface area contributed by atoms with Crippen LogP contribution in [0.3, 0.4) is 0 Å². The third kappa shape index (κ3) is 2.52. The molecule has 0 fully saturated rings. The lowest BCUT2D eigenvalue weighted by atomic mass is 10.1. The van der Waals surface area contributed by atoms with Crippen molar-refractivity contribution in [2.75, 3.05) is 13.7 Å². The second-order valence-corrected chi connectivity index (χ2v) is 4.97. The van der Waals surface area contributed by atoms with Gasteiger partial charge in [0.25, 0.3) is 5.91 Å². The zero-order valence-electron chi connectivity index (χ0n) is 11.7. The van der Waals surface area contributed by atoms with Crippen molar-refractivity contribution in [2.45, 2.75) is 6.54 Å². The molecule has 4 nitrogen and oxygen atoms in total. The van der Waals surface area contributed by atoms with E-state index in [4.69, 9.17) is 4.74 Å². The Balaban J connectivity index is 1.73. The van der Waals surface area contributed by atoms with E-state index in [2.05, 4.69) is 0 Å². The number of carbonyl (C=O) groups is 2. The summed E-state index contributed by atoms with van der Waals surface area (Å²) in [5.74, 6) is 0.558. The van der Waals surface area contributed by atoms with Crippen LogP contribution in [0.15, 0.2) is 48.5 Å². The maximum Gasteiger partial charge on any atom is 0.254 e. The molecule has 1 aliphatic rings. The number of Topliss-reactive ketones (excluding diaryl/α,β-unsaturated/α-hetero) is 1. The van der Waals surface area contributed by atoms with Crippen LogP contribution in [0.1, 0.15) is 26.3 Å². The summed E-state index contributed by atoms with van der Waals surface area (Å²) in [7, 11) is 1.58. The van der Waals surface area contributed by atoms with Gasteiger partial charge in [-0.05, 0) is 35.9 Å². The summed E-state index contributed by atoms with van der Waals surface area (Å²) in [4.78, 5) is 26.1. The van der Waals surface area contributed by atoms with Gasteiger partial charge in [0.15, 0.2) is 5.78 Å². The Bertz CT molecular complexity index is 691. The Morgan fingerprint density at radius 2 is 1.86 bits per heavy atom. The highest BCUT2D eigenvalue weighted by molar-refractivity contribution is 6.04. The molecule has 2 aromatic carbocycles. The molecular formula is C17H15NO3. The van der Waals surface area contributed by atoms with Crippen LogP contribution in [0, 0.1) is 0 Å². The summed E-state index contributed by atoms with van der Waals surface area (Å²) in [5, 5.41) is 0. The molecule has 0 atom stereocenters. The Labute approximate surface area is 123 Å². The van der Waals surface area contributed by atoms with Crippen molar-refractivity contribution in [3.05, 3.63) is 65.2 Å². The molecule has 0 bridgehead atoms. The van der Waals surface area contributed by atoms with E-state index in [-0.39, 0.29) is 18.2 Å². The SMILES string of the molecule is COc1ccc(C(=O)CN2Cc3ccccc3C2=O)cc1. The molecule has 0 aromatic heterocycles. The number of methoxy groups -OCH3 is 1. The summed E-state index contributed by atoms with van der Waals surface area (Å²) in [6.45, 7) is 0.594. The summed E-state index contributed by atoms with van der Waals surface area (Å²) < 4.78 is 5.07. The molecule has 0 saturated carbocycles. The fourth-order valence-corrected chi connectivity index (χ4v) is 2.48. The summed E-state index contributed by atoms with van der Waals surface area (Å²) in [6.07, 6.45) is 0. The molecule has 3 rings (SSSR count). The summed E-state index contributed by atoms with van der Waals surface area (Å²) >= 11 is 0. The highest BCUT2D eigenvalue weighted by Crippen LogP contribution is 2.22. The normalized spacial score (nSPS) is 13.2. The van der Waals surface area contributed by atoms with Crippen LogP contribution in [0.2, 0.25) is 0 Å². The van der Waals surface area contributed by atoms with Crippen LogP contribution >= 0.6 is 0 Å². The Morgan fingerprint density at radius 3 is 2.52 bits per heavy atom. The van der Waals surface area contributed by atoms with Crippen molar-refractivity contribution >= 4 is 11.7 Å². The van der Waals surface area contributed by atoms with Gasteiger partial charge < -0.3 is 9.64 Å². The lowest BCUT2D eigenvalue weighted by Gasteiger charge is -2.14. The highest BCUT2D eigenvalue weighted by atomic mass is 16.5. The van der Waals surface area contributed by atoms with Crippen LogP contribution in [0.5, 0.6) is 5.75 Å². The van der Waals surface area contributed by atoms with Crippen LogP contribution < -0.4 is 4.74 Å². The minimum absolute atomic E-state index is 0.0705. The van der Waals surface area contributed by atoms with Gasteiger partial charge in [0, 0.05) is 17.7 Å². The number of hydrogen-bond donors (Lipinski definition) is 0. The molecule has 0 radical (unpaired) electrons. The predicted octanol–water partition coefficient (Wildman–Crippen LogP) is 2.53. The van der Waals surface area contributed by atoms with Crippen LogP contribution in [-0.2, 0) is 6.54 Å². The van der Waals surface area contributed by atoms with E-state index in [1.807, 2.05) is 18.2 Å². The number of rotatable bonds is 4. The van der Waals surface area contributed by atoms with E-state index >= 15 is 0 Å². The van der Waals surface area contributed by atoms with Gasteiger partial charge in [-0.15, -0.1) is 0 Å². The molecule has 21 heavy (non-hydrogen) atoms. The van der Waals surface area contributed by atoms with E-state index in [1.54, 1.807) is 42.3 Å². The van der Waals surface area contributed by atoms with Crippen molar-refractivity contribution in [2.24, 2.45) is 0 Å². The van der Waals surface area contributed by atoms with Gasteiger partial charge in [-0.3, -0.25) is 9.59 Å².